The Kier molecular flexibility index (Phi) is 2.80. The minimum atomic E-state index is -3.62. The molecular weight excluding hydrogens is 144 g/mol. The van der Waals surface area contributed by atoms with Crippen LogP contribution in [-0.2, 0) is 19.1 Å². The molecule has 0 rings (SSSR count). The Hall–Kier alpha value is -0.420. The van der Waals surface area contributed by atoms with E-state index in [0.29, 0.717) is 6.29 Å². The highest BCUT2D eigenvalue weighted by atomic mass is 32.2. The molecular formula is C4H8O4S. The first-order valence-electron chi connectivity index (χ1n) is 2.29. The molecule has 5 heteroatoms. The molecule has 4 nitrogen and oxygen atoms in total. The predicted molar refractivity (Wildman–Crippen MR) is 31.5 cm³/mol. The third-order valence-electron chi connectivity index (χ3n) is 0.879. The zero-order valence-corrected chi connectivity index (χ0v) is 6.01. The Morgan fingerprint density at radius 2 is 2.00 bits per heavy atom. The van der Waals surface area contributed by atoms with Gasteiger partial charge in [0.25, 0.3) is 10.1 Å². The molecule has 0 aromatic heterocycles. The van der Waals surface area contributed by atoms with Gasteiger partial charge >= 0.3 is 0 Å². The number of carbonyl (C=O) groups is 1. The SMILES string of the molecule is COS(=O)(=O)C(C)C=O. The van der Waals surface area contributed by atoms with E-state index in [0.717, 1.165) is 7.11 Å². The van der Waals surface area contributed by atoms with Crippen molar-refractivity contribution in [2.75, 3.05) is 7.11 Å². The molecule has 0 saturated carbocycles. The number of hydrogen-bond donors (Lipinski definition) is 0. The van der Waals surface area contributed by atoms with Gasteiger partial charge in [-0.1, -0.05) is 0 Å². The maximum Gasteiger partial charge on any atom is 0.276 e. The largest absolute Gasteiger partial charge is 0.302 e. The minimum absolute atomic E-state index is 0.318. The summed E-state index contributed by atoms with van der Waals surface area (Å²) in [6.45, 7) is 1.26. The van der Waals surface area contributed by atoms with E-state index in [1.807, 2.05) is 0 Å². The molecule has 9 heavy (non-hydrogen) atoms. The second-order valence-electron chi connectivity index (χ2n) is 1.50. The second-order valence-corrected chi connectivity index (χ2v) is 3.56. The van der Waals surface area contributed by atoms with E-state index in [1.165, 1.54) is 6.92 Å². The Labute approximate surface area is 53.9 Å². The van der Waals surface area contributed by atoms with Crippen LogP contribution in [0.15, 0.2) is 0 Å². The van der Waals surface area contributed by atoms with Crippen LogP contribution >= 0.6 is 0 Å². The summed E-state index contributed by atoms with van der Waals surface area (Å²) in [7, 11) is -2.59. The molecule has 0 radical (unpaired) electrons. The van der Waals surface area contributed by atoms with E-state index < -0.39 is 15.4 Å². The smallest absolute Gasteiger partial charge is 0.276 e. The van der Waals surface area contributed by atoms with Gasteiger partial charge in [0.05, 0.1) is 7.11 Å². The fraction of sp³-hybridized carbons (Fsp3) is 0.750. The maximum absolute atomic E-state index is 10.5. The predicted octanol–water partition coefficient (Wildman–Crippen LogP) is -0.450. The fourth-order valence-corrected chi connectivity index (χ4v) is 0.659. The Bertz CT molecular complexity index is 181. The Morgan fingerprint density at radius 1 is 1.56 bits per heavy atom. The molecule has 0 aliphatic rings. The summed E-state index contributed by atoms with van der Waals surface area (Å²) in [6, 6.07) is 0. The normalized spacial score (nSPS) is 14.9. The van der Waals surface area contributed by atoms with Crippen molar-refractivity contribution in [1.29, 1.82) is 0 Å². The highest BCUT2D eigenvalue weighted by Gasteiger charge is 2.18. The minimum Gasteiger partial charge on any atom is -0.302 e. The van der Waals surface area contributed by atoms with Gasteiger partial charge in [-0.15, -0.1) is 0 Å². The van der Waals surface area contributed by atoms with E-state index in [1.54, 1.807) is 0 Å². The van der Waals surface area contributed by atoms with Crippen LogP contribution < -0.4 is 0 Å². The van der Waals surface area contributed by atoms with Gasteiger partial charge in [-0.3, -0.25) is 4.18 Å². The summed E-state index contributed by atoms with van der Waals surface area (Å²) in [6.07, 6.45) is 0.318. The van der Waals surface area contributed by atoms with Gasteiger partial charge in [0, 0.05) is 0 Å². The van der Waals surface area contributed by atoms with Crippen LogP contribution in [-0.4, -0.2) is 27.1 Å². The average Bonchev–Trinajstić information content (AvgIpc) is 1.86. The lowest BCUT2D eigenvalue weighted by Gasteiger charge is -2.00. The van der Waals surface area contributed by atoms with E-state index in [9.17, 15) is 13.2 Å². The molecule has 0 amide bonds. The van der Waals surface area contributed by atoms with Gasteiger partial charge in [0.1, 0.15) is 11.5 Å². The summed E-state index contributed by atoms with van der Waals surface area (Å²) in [5.41, 5.74) is 0. The van der Waals surface area contributed by atoms with Crippen LogP contribution in [0.3, 0.4) is 0 Å². The first-order chi connectivity index (χ1) is 4.04. The van der Waals surface area contributed by atoms with Crippen molar-refractivity contribution < 1.29 is 17.4 Å². The van der Waals surface area contributed by atoms with Gasteiger partial charge < -0.3 is 4.79 Å². The van der Waals surface area contributed by atoms with Crippen LogP contribution in [0, 0.1) is 0 Å². The van der Waals surface area contributed by atoms with Crippen molar-refractivity contribution in [3.63, 3.8) is 0 Å². The molecule has 0 fully saturated rings. The molecule has 0 aliphatic heterocycles. The molecule has 1 atom stereocenters. The number of carbonyl (C=O) groups excluding carboxylic acids is 1. The van der Waals surface area contributed by atoms with Crippen LogP contribution in [0.25, 0.3) is 0 Å². The summed E-state index contributed by atoms with van der Waals surface area (Å²) in [4.78, 5) is 9.85. The van der Waals surface area contributed by atoms with E-state index in [2.05, 4.69) is 4.18 Å². The molecule has 0 N–H and O–H groups in total. The lowest BCUT2D eigenvalue weighted by atomic mass is 10.6. The third-order valence-corrected chi connectivity index (χ3v) is 2.37. The van der Waals surface area contributed by atoms with Crippen molar-refractivity contribution in [1.82, 2.24) is 0 Å². The summed E-state index contributed by atoms with van der Waals surface area (Å²) in [5, 5.41) is -1.07. The van der Waals surface area contributed by atoms with Gasteiger partial charge in [-0.25, -0.2) is 0 Å². The number of hydrogen-bond acceptors (Lipinski definition) is 4. The highest BCUT2D eigenvalue weighted by molar-refractivity contribution is 7.88. The molecule has 0 bridgehead atoms. The quantitative estimate of drug-likeness (QED) is 0.406. The molecule has 0 aromatic rings. The van der Waals surface area contributed by atoms with E-state index >= 15 is 0 Å². The zero-order valence-electron chi connectivity index (χ0n) is 5.20. The number of aldehydes is 1. The van der Waals surface area contributed by atoms with Gasteiger partial charge in [-0.2, -0.15) is 8.42 Å². The summed E-state index contributed by atoms with van der Waals surface area (Å²) in [5.74, 6) is 0. The fourth-order valence-electron chi connectivity index (χ4n) is 0.220. The van der Waals surface area contributed by atoms with Crippen LogP contribution in [0.4, 0.5) is 0 Å². The van der Waals surface area contributed by atoms with Gasteiger partial charge in [0.2, 0.25) is 0 Å². The molecule has 0 spiro atoms. The van der Waals surface area contributed by atoms with Crippen molar-refractivity contribution in [3.05, 3.63) is 0 Å². The highest BCUT2D eigenvalue weighted by Crippen LogP contribution is 1.97. The average molecular weight is 152 g/mol. The van der Waals surface area contributed by atoms with Gasteiger partial charge in [0.15, 0.2) is 0 Å². The van der Waals surface area contributed by atoms with Crippen molar-refractivity contribution in [2.45, 2.75) is 12.2 Å². The topological polar surface area (TPSA) is 60.4 Å². The van der Waals surface area contributed by atoms with Crippen LogP contribution in [0.5, 0.6) is 0 Å². The zero-order chi connectivity index (χ0) is 7.49. The first kappa shape index (κ1) is 8.58. The maximum atomic E-state index is 10.5. The molecule has 0 aromatic carbocycles. The molecule has 0 saturated heterocycles. The van der Waals surface area contributed by atoms with E-state index in [4.69, 9.17) is 0 Å². The monoisotopic (exact) mass is 152 g/mol. The van der Waals surface area contributed by atoms with E-state index in [-0.39, 0.29) is 0 Å². The van der Waals surface area contributed by atoms with Crippen LogP contribution in [0.2, 0.25) is 0 Å². The molecule has 0 heterocycles. The molecule has 0 aliphatic carbocycles. The third kappa shape index (κ3) is 2.11. The Morgan fingerprint density at radius 3 is 2.11 bits per heavy atom. The van der Waals surface area contributed by atoms with Crippen LogP contribution in [0.1, 0.15) is 6.92 Å². The lowest BCUT2D eigenvalue weighted by molar-refractivity contribution is -0.107. The van der Waals surface area contributed by atoms with Gasteiger partial charge in [-0.05, 0) is 6.92 Å². The first-order valence-corrected chi connectivity index (χ1v) is 3.76. The summed E-state index contributed by atoms with van der Waals surface area (Å²) >= 11 is 0. The van der Waals surface area contributed by atoms with Crippen molar-refractivity contribution >= 4 is 16.4 Å². The second kappa shape index (κ2) is 2.93. The standard InChI is InChI=1S/C4H8O4S/c1-4(3-5)9(6,7)8-2/h3-4H,1-2H3. The van der Waals surface area contributed by atoms with Crippen molar-refractivity contribution in [3.8, 4) is 0 Å². The summed E-state index contributed by atoms with van der Waals surface area (Å²) < 4.78 is 25.0. The van der Waals surface area contributed by atoms with Crippen molar-refractivity contribution in [2.24, 2.45) is 0 Å². The molecule has 1 unspecified atom stereocenters. The molecule has 54 valence electrons. The Balaban J connectivity index is 4.34. The lowest BCUT2D eigenvalue weighted by Crippen LogP contribution is -2.19. The number of rotatable bonds is 3.